The van der Waals surface area contributed by atoms with Gasteiger partial charge in [-0.05, 0) is 74.0 Å². The molecule has 3 N–H and O–H groups in total. The number of methoxy groups -OCH3 is 1. The predicted molar refractivity (Wildman–Crippen MR) is 110 cm³/mol. The highest BCUT2D eigenvalue weighted by atomic mass is 16.5. The SMILES string of the molecule is COC(=O)CCC(=O)[C@H]1CC[C@H]2[C@@H]3[C@@H](O)C[C@H]4C[C@@H](O)CC[C@]4(C)[C@H]3C[C@@H](O)[C@]12C. The number of hydrogen-bond donors (Lipinski definition) is 3. The predicted octanol–water partition coefficient (Wildman–Crippen LogP) is 2.47. The van der Waals surface area contributed by atoms with E-state index in [1.807, 2.05) is 6.92 Å². The van der Waals surface area contributed by atoms with Gasteiger partial charge in [-0.3, -0.25) is 9.59 Å². The van der Waals surface area contributed by atoms with E-state index in [1.54, 1.807) is 0 Å². The Hall–Kier alpha value is -0.980. The number of hydrogen-bond acceptors (Lipinski definition) is 6. The van der Waals surface area contributed by atoms with Gasteiger partial charge in [0, 0.05) is 17.8 Å². The molecule has 0 aromatic rings. The van der Waals surface area contributed by atoms with Crippen molar-refractivity contribution >= 4 is 11.8 Å². The summed E-state index contributed by atoms with van der Waals surface area (Å²) in [5.74, 6) is 0.0931. The molecule has 0 aromatic heterocycles. The summed E-state index contributed by atoms with van der Waals surface area (Å²) in [4.78, 5) is 24.5. The average Bonchev–Trinajstić information content (AvgIpc) is 3.06. The largest absolute Gasteiger partial charge is 0.469 e. The first-order valence-corrected chi connectivity index (χ1v) is 11.8. The minimum Gasteiger partial charge on any atom is -0.469 e. The van der Waals surface area contributed by atoms with Crippen LogP contribution in [0.25, 0.3) is 0 Å². The van der Waals surface area contributed by atoms with Crippen LogP contribution in [0.3, 0.4) is 0 Å². The summed E-state index contributed by atoms with van der Waals surface area (Å²) >= 11 is 0. The summed E-state index contributed by atoms with van der Waals surface area (Å²) in [5, 5.41) is 32.8. The molecule has 0 unspecified atom stereocenters. The molecule has 4 fully saturated rings. The number of esters is 1. The molecule has 0 spiro atoms. The van der Waals surface area contributed by atoms with Gasteiger partial charge < -0.3 is 20.1 Å². The number of carbonyl (C=O) groups excluding carboxylic acids is 2. The van der Waals surface area contributed by atoms with E-state index in [9.17, 15) is 24.9 Å². The average molecular weight is 423 g/mol. The molecule has 4 saturated carbocycles. The van der Waals surface area contributed by atoms with Crippen LogP contribution in [0.2, 0.25) is 0 Å². The maximum absolute atomic E-state index is 13.0. The second-order valence-electron chi connectivity index (χ2n) is 11.0. The van der Waals surface area contributed by atoms with Crippen LogP contribution in [0.4, 0.5) is 0 Å². The van der Waals surface area contributed by atoms with Crippen LogP contribution in [0.5, 0.6) is 0 Å². The molecule has 6 heteroatoms. The van der Waals surface area contributed by atoms with Gasteiger partial charge >= 0.3 is 5.97 Å². The number of carbonyl (C=O) groups is 2. The van der Waals surface area contributed by atoms with E-state index in [0.29, 0.717) is 19.3 Å². The summed E-state index contributed by atoms with van der Waals surface area (Å²) in [5.41, 5.74) is -0.523. The molecule has 0 radical (unpaired) electrons. The molecule has 6 nitrogen and oxygen atoms in total. The van der Waals surface area contributed by atoms with Gasteiger partial charge in [0.05, 0.1) is 31.8 Å². The fraction of sp³-hybridized carbons (Fsp3) is 0.917. The van der Waals surface area contributed by atoms with Crippen molar-refractivity contribution in [3.05, 3.63) is 0 Å². The molecule has 0 amide bonds. The summed E-state index contributed by atoms with van der Waals surface area (Å²) in [6.45, 7) is 4.34. The molecular weight excluding hydrogens is 384 g/mol. The smallest absolute Gasteiger partial charge is 0.305 e. The lowest BCUT2D eigenvalue weighted by molar-refractivity contribution is -0.204. The third kappa shape index (κ3) is 3.25. The van der Waals surface area contributed by atoms with Crippen LogP contribution in [-0.4, -0.2) is 52.5 Å². The number of ether oxygens (including phenoxy) is 1. The van der Waals surface area contributed by atoms with E-state index >= 15 is 0 Å². The second-order valence-corrected chi connectivity index (χ2v) is 11.0. The van der Waals surface area contributed by atoms with E-state index in [4.69, 9.17) is 0 Å². The molecular formula is C24H38O6. The summed E-state index contributed by atoms with van der Waals surface area (Å²) in [7, 11) is 1.33. The summed E-state index contributed by atoms with van der Waals surface area (Å²) < 4.78 is 4.68. The Balaban J connectivity index is 1.59. The zero-order valence-electron chi connectivity index (χ0n) is 18.5. The van der Waals surface area contributed by atoms with Crippen LogP contribution in [0.1, 0.15) is 71.6 Å². The summed E-state index contributed by atoms with van der Waals surface area (Å²) in [6, 6.07) is 0. The van der Waals surface area contributed by atoms with Gasteiger partial charge in [0.25, 0.3) is 0 Å². The van der Waals surface area contributed by atoms with Gasteiger partial charge in [0.15, 0.2) is 0 Å². The number of aliphatic hydroxyl groups is 3. The van der Waals surface area contributed by atoms with Crippen molar-refractivity contribution in [2.75, 3.05) is 7.11 Å². The molecule has 10 atom stereocenters. The fourth-order valence-electron chi connectivity index (χ4n) is 8.20. The number of aliphatic hydroxyl groups excluding tert-OH is 3. The quantitative estimate of drug-likeness (QED) is 0.601. The van der Waals surface area contributed by atoms with Crippen molar-refractivity contribution in [1.82, 2.24) is 0 Å². The van der Waals surface area contributed by atoms with Gasteiger partial charge in [-0.1, -0.05) is 13.8 Å². The maximum atomic E-state index is 13.0. The molecule has 0 aromatic carbocycles. The Bertz CT molecular complexity index is 693. The molecule has 0 bridgehead atoms. The van der Waals surface area contributed by atoms with Crippen molar-refractivity contribution in [2.24, 2.45) is 40.4 Å². The van der Waals surface area contributed by atoms with E-state index in [-0.39, 0.29) is 65.7 Å². The fourth-order valence-corrected chi connectivity index (χ4v) is 8.20. The van der Waals surface area contributed by atoms with E-state index < -0.39 is 17.6 Å². The first-order valence-electron chi connectivity index (χ1n) is 11.8. The minimum absolute atomic E-state index is 0.0262. The topological polar surface area (TPSA) is 104 Å². The highest BCUT2D eigenvalue weighted by molar-refractivity contribution is 5.85. The Morgan fingerprint density at radius 3 is 2.40 bits per heavy atom. The number of fused-ring (bicyclic) bond motifs is 5. The molecule has 4 aliphatic carbocycles. The van der Waals surface area contributed by atoms with E-state index in [1.165, 1.54) is 7.11 Å². The molecule has 4 aliphatic rings. The number of rotatable bonds is 4. The standard InChI is InChI=1S/C24H38O6/c1-23-9-8-14(25)10-13(23)11-19(27)22-16-5-4-15(18(26)6-7-21(29)30-3)24(16,2)20(28)12-17(22)23/h13-17,19-20,22,25,27-28H,4-12H2,1-3H3/t13-,14+,15-,16+,17+,19+,20-,22+,23+,24-/m1/s1. The zero-order valence-corrected chi connectivity index (χ0v) is 18.5. The van der Waals surface area contributed by atoms with Crippen LogP contribution in [0, 0.1) is 40.4 Å². The van der Waals surface area contributed by atoms with Gasteiger partial charge in [0.1, 0.15) is 5.78 Å². The minimum atomic E-state index is -0.590. The van der Waals surface area contributed by atoms with Gasteiger partial charge in [-0.15, -0.1) is 0 Å². The van der Waals surface area contributed by atoms with Crippen molar-refractivity contribution < 1.29 is 29.6 Å². The third-order valence-electron chi connectivity index (χ3n) is 9.96. The molecule has 0 heterocycles. The molecule has 0 saturated heterocycles. The Morgan fingerprint density at radius 2 is 1.70 bits per heavy atom. The zero-order chi connectivity index (χ0) is 21.8. The molecule has 30 heavy (non-hydrogen) atoms. The van der Waals surface area contributed by atoms with E-state index in [0.717, 1.165) is 25.7 Å². The Labute approximate surface area is 179 Å². The lowest BCUT2D eigenvalue weighted by atomic mass is 9.43. The lowest BCUT2D eigenvalue weighted by Gasteiger charge is -2.63. The van der Waals surface area contributed by atoms with Crippen molar-refractivity contribution in [3.8, 4) is 0 Å². The highest BCUT2D eigenvalue weighted by Gasteiger charge is 2.66. The maximum Gasteiger partial charge on any atom is 0.305 e. The summed E-state index contributed by atoms with van der Waals surface area (Å²) in [6.07, 6.45) is 4.25. The molecule has 4 rings (SSSR count). The monoisotopic (exact) mass is 422 g/mol. The van der Waals surface area contributed by atoms with E-state index in [2.05, 4.69) is 11.7 Å². The van der Waals surface area contributed by atoms with Crippen LogP contribution in [-0.2, 0) is 14.3 Å². The highest BCUT2D eigenvalue weighted by Crippen LogP contribution is 2.67. The third-order valence-corrected chi connectivity index (χ3v) is 9.96. The lowest BCUT2D eigenvalue weighted by Crippen LogP contribution is -2.62. The first-order chi connectivity index (χ1) is 14.1. The molecule has 0 aliphatic heterocycles. The molecule has 170 valence electrons. The Morgan fingerprint density at radius 1 is 0.967 bits per heavy atom. The Kier molecular flexibility index (Phi) is 5.82. The van der Waals surface area contributed by atoms with Crippen molar-refractivity contribution in [3.63, 3.8) is 0 Å². The van der Waals surface area contributed by atoms with Crippen LogP contribution >= 0.6 is 0 Å². The first kappa shape index (κ1) is 22.2. The normalized spacial score (nSPS) is 50.2. The van der Waals surface area contributed by atoms with Crippen LogP contribution in [0.15, 0.2) is 0 Å². The number of Topliss-reactive ketones (excluding diaryl/α,β-unsaturated/α-hetero) is 1. The second kappa shape index (κ2) is 7.86. The van der Waals surface area contributed by atoms with Gasteiger partial charge in [0.2, 0.25) is 0 Å². The van der Waals surface area contributed by atoms with Crippen LogP contribution < -0.4 is 0 Å². The van der Waals surface area contributed by atoms with Gasteiger partial charge in [-0.25, -0.2) is 0 Å². The van der Waals surface area contributed by atoms with Gasteiger partial charge in [-0.2, -0.15) is 0 Å². The van der Waals surface area contributed by atoms with Crippen molar-refractivity contribution in [2.45, 2.75) is 89.9 Å². The number of ketones is 1. The van der Waals surface area contributed by atoms with Crippen molar-refractivity contribution in [1.29, 1.82) is 0 Å².